The van der Waals surface area contributed by atoms with E-state index < -0.39 is 24.0 Å². The topological polar surface area (TPSA) is 89.0 Å². The predicted octanol–water partition coefficient (Wildman–Crippen LogP) is 7.74. The first-order valence-corrected chi connectivity index (χ1v) is 15.5. The quantitative estimate of drug-likeness (QED) is 0.115. The first-order chi connectivity index (χ1) is 20.7. The Kier molecular flexibility index (Phi) is 12.0. The van der Waals surface area contributed by atoms with E-state index in [1.165, 1.54) is 12.3 Å². The molecule has 0 aliphatic rings. The van der Waals surface area contributed by atoms with Crippen molar-refractivity contribution in [1.29, 1.82) is 0 Å². The molecular weight excluding hydrogens is 721 g/mol. The van der Waals surface area contributed by atoms with E-state index in [9.17, 15) is 9.59 Å². The predicted molar refractivity (Wildman–Crippen MR) is 177 cm³/mol. The van der Waals surface area contributed by atoms with Crippen molar-refractivity contribution in [1.82, 2.24) is 10.7 Å². The van der Waals surface area contributed by atoms with Gasteiger partial charge in [0, 0.05) is 15.9 Å². The van der Waals surface area contributed by atoms with Crippen molar-refractivity contribution in [3.05, 3.63) is 127 Å². The molecule has 2 N–H and O–H groups in total. The van der Waals surface area contributed by atoms with E-state index in [0.717, 1.165) is 25.6 Å². The number of nitrogens with one attached hydrogen (secondary N) is 2. The second kappa shape index (κ2) is 15.9. The zero-order valence-corrected chi connectivity index (χ0v) is 27.6. The summed E-state index contributed by atoms with van der Waals surface area (Å²) in [5.41, 5.74) is 5.17. The van der Waals surface area contributed by atoms with Crippen LogP contribution >= 0.6 is 55.1 Å². The molecule has 4 aromatic rings. The van der Waals surface area contributed by atoms with E-state index in [2.05, 4.69) is 47.7 Å². The molecule has 222 valence electrons. The highest BCUT2D eigenvalue weighted by atomic mass is 79.9. The second-order valence-electron chi connectivity index (χ2n) is 9.42. The number of benzene rings is 4. The Labute approximate surface area is 276 Å². The number of hydrogen-bond acceptors (Lipinski definition) is 5. The summed E-state index contributed by atoms with van der Waals surface area (Å²) in [6.45, 7) is 1.99. The Morgan fingerprint density at radius 3 is 2.30 bits per heavy atom. The van der Waals surface area contributed by atoms with Gasteiger partial charge in [-0.3, -0.25) is 9.59 Å². The molecule has 2 atom stereocenters. The second-order valence-corrected chi connectivity index (χ2v) is 12.0. The van der Waals surface area contributed by atoms with Crippen molar-refractivity contribution in [2.24, 2.45) is 5.10 Å². The molecule has 0 spiro atoms. The van der Waals surface area contributed by atoms with E-state index >= 15 is 0 Å². The summed E-state index contributed by atoms with van der Waals surface area (Å²) in [4.78, 5) is 26.2. The molecule has 0 aliphatic carbocycles. The molecule has 0 saturated heterocycles. The summed E-state index contributed by atoms with van der Waals surface area (Å²) in [5, 5.41) is 7.60. The van der Waals surface area contributed by atoms with Crippen LogP contribution in [0.5, 0.6) is 11.5 Å². The maximum absolute atomic E-state index is 13.2. The highest BCUT2D eigenvalue weighted by molar-refractivity contribution is 9.10. The zero-order valence-electron chi connectivity index (χ0n) is 22.9. The van der Waals surface area contributed by atoms with E-state index in [1.807, 2.05) is 72.8 Å². The van der Waals surface area contributed by atoms with Crippen molar-refractivity contribution >= 4 is 73.1 Å². The third-order valence-electron chi connectivity index (χ3n) is 6.13. The molecule has 0 aromatic heterocycles. The summed E-state index contributed by atoms with van der Waals surface area (Å²) in [5.74, 6) is -0.00309. The molecule has 4 rings (SSSR count). The minimum absolute atomic E-state index is 0.248. The monoisotopic (exact) mass is 745 g/mol. The van der Waals surface area contributed by atoms with E-state index in [4.69, 9.17) is 32.7 Å². The number of carbonyl (C=O) groups is 2. The molecule has 43 heavy (non-hydrogen) atoms. The van der Waals surface area contributed by atoms with Crippen LogP contribution in [-0.2, 0) is 22.6 Å². The molecule has 0 saturated carbocycles. The third-order valence-corrected chi connectivity index (χ3v) is 7.81. The standard InChI is InChI=1S/C32H27Br2Cl2N3O4/c1-20(43-30-14-12-25(35)17-27(30)36)31(40)38-28(16-21-5-3-2-4-6-21)32(41)39-37-18-23-9-13-29(26(34)15-23)42-19-22-7-10-24(33)11-8-22/h2-15,17-18,20,28H,16,19H2,1H3,(H,38,40)(H,39,41)/b37-18-/t20-,28+/m1/s1. The fourth-order valence-corrected chi connectivity index (χ4v) is 5.10. The molecular formula is C32H27Br2Cl2N3O4. The smallest absolute Gasteiger partial charge is 0.262 e. The van der Waals surface area contributed by atoms with Crippen molar-refractivity contribution in [3.8, 4) is 11.5 Å². The Hall–Kier alpha value is -3.37. The van der Waals surface area contributed by atoms with Crippen molar-refractivity contribution < 1.29 is 19.1 Å². The fourth-order valence-electron chi connectivity index (χ4n) is 3.87. The lowest BCUT2D eigenvalue weighted by Gasteiger charge is -2.21. The van der Waals surface area contributed by atoms with Crippen LogP contribution in [0, 0.1) is 0 Å². The van der Waals surface area contributed by atoms with Gasteiger partial charge >= 0.3 is 0 Å². The number of carbonyl (C=O) groups excluding carboxylic acids is 2. The summed E-state index contributed by atoms with van der Waals surface area (Å²) >= 11 is 19.1. The summed E-state index contributed by atoms with van der Waals surface area (Å²) in [7, 11) is 0. The van der Waals surface area contributed by atoms with Gasteiger partial charge in [0.25, 0.3) is 11.8 Å². The normalized spacial score (nSPS) is 12.4. The minimum Gasteiger partial charge on any atom is -0.488 e. The number of ether oxygens (including phenoxy) is 2. The first kappa shape index (κ1) is 32.5. The number of hydrazone groups is 1. The lowest BCUT2D eigenvalue weighted by molar-refractivity contribution is -0.132. The molecule has 0 heterocycles. The fraction of sp³-hybridized carbons (Fsp3) is 0.156. The average Bonchev–Trinajstić information content (AvgIpc) is 2.99. The number of hydrogen-bond donors (Lipinski definition) is 2. The molecule has 0 bridgehead atoms. The van der Waals surface area contributed by atoms with Crippen molar-refractivity contribution in [2.45, 2.75) is 32.1 Å². The Bertz CT molecular complexity index is 1590. The molecule has 0 radical (unpaired) electrons. The largest absolute Gasteiger partial charge is 0.488 e. The first-order valence-electron chi connectivity index (χ1n) is 13.1. The van der Waals surface area contributed by atoms with Gasteiger partial charge in [-0.15, -0.1) is 0 Å². The van der Waals surface area contributed by atoms with Gasteiger partial charge in [0.15, 0.2) is 6.10 Å². The van der Waals surface area contributed by atoms with Gasteiger partial charge < -0.3 is 14.8 Å². The number of nitrogens with zero attached hydrogens (tertiary/aromatic N) is 1. The Morgan fingerprint density at radius 2 is 1.60 bits per heavy atom. The van der Waals surface area contributed by atoms with E-state index in [1.54, 1.807) is 19.1 Å². The molecule has 11 heteroatoms. The molecule has 0 aliphatic heterocycles. The highest BCUT2D eigenvalue weighted by Crippen LogP contribution is 2.29. The number of halogens is 4. The lowest BCUT2D eigenvalue weighted by atomic mass is 10.1. The molecule has 0 fully saturated rings. The molecule has 0 unspecified atom stereocenters. The Morgan fingerprint density at radius 1 is 0.884 bits per heavy atom. The van der Waals surface area contributed by atoms with Gasteiger partial charge in [0.05, 0.1) is 15.7 Å². The van der Waals surface area contributed by atoms with Crippen molar-refractivity contribution in [3.63, 3.8) is 0 Å². The van der Waals surface area contributed by atoms with Crippen LogP contribution in [0.2, 0.25) is 10.0 Å². The van der Waals surface area contributed by atoms with Gasteiger partial charge in [-0.2, -0.15) is 5.10 Å². The van der Waals surface area contributed by atoms with Gasteiger partial charge in [0.2, 0.25) is 0 Å². The summed E-state index contributed by atoms with van der Waals surface area (Å²) < 4.78 is 13.4. The minimum atomic E-state index is -0.935. The van der Waals surface area contributed by atoms with Crippen LogP contribution in [-0.4, -0.2) is 30.2 Å². The van der Waals surface area contributed by atoms with Crippen LogP contribution in [0.4, 0.5) is 0 Å². The molecule has 2 amide bonds. The van der Waals surface area contributed by atoms with E-state index in [-0.39, 0.29) is 11.4 Å². The van der Waals surface area contributed by atoms with Crippen LogP contribution in [0.25, 0.3) is 0 Å². The number of amides is 2. The molecule has 4 aromatic carbocycles. The molecule has 7 nitrogen and oxygen atoms in total. The summed E-state index contributed by atoms with van der Waals surface area (Å²) in [6, 6.07) is 26.5. The lowest BCUT2D eigenvalue weighted by Crippen LogP contribution is -2.50. The number of rotatable bonds is 12. The summed E-state index contributed by atoms with van der Waals surface area (Å²) in [6.07, 6.45) is 0.824. The maximum Gasteiger partial charge on any atom is 0.262 e. The van der Waals surface area contributed by atoms with Gasteiger partial charge in [-0.05, 0) is 88.1 Å². The van der Waals surface area contributed by atoms with Gasteiger partial charge in [-0.1, -0.05) is 81.6 Å². The van der Waals surface area contributed by atoms with Gasteiger partial charge in [-0.25, -0.2) is 5.43 Å². The Balaban J connectivity index is 1.38. The third kappa shape index (κ3) is 10.1. The maximum atomic E-state index is 13.2. The van der Waals surface area contributed by atoms with Crippen LogP contribution in [0.1, 0.15) is 23.6 Å². The van der Waals surface area contributed by atoms with Crippen molar-refractivity contribution in [2.75, 3.05) is 0 Å². The average molecular weight is 748 g/mol. The highest BCUT2D eigenvalue weighted by Gasteiger charge is 2.25. The SMILES string of the molecule is C[C@@H](Oc1ccc(Cl)cc1Cl)C(=O)N[C@@H](Cc1ccccc1)C(=O)N/N=C\c1ccc(OCc2ccc(Br)cc2)c(Br)c1. The van der Waals surface area contributed by atoms with Gasteiger partial charge in [0.1, 0.15) is 24.1 Å². The zero-order chi connectivity index (χ0) is 30.8. The van der Waals surface area contributed by atoms with E-state index in [0.29, 0.717) is 23.1 Å². The van der Waals surface area contributed by atoms with Crippen LogP contribution in [0.15, 0.2) is 105 Å². The van der Waals surface area contributed by atoms with Crippen LogP contribution < -0.4 is 20.2 Å². The van der Waals surface area contributed by atoms with Crippen LogP contribution in [0.3, 0.4) is 0 Å².